The molecule has 2 aromatic rings. The Bertz CT molecular complexity index is 737. The monoisotopic (exact) mass is 385 g/mol. The van der Waals surface area contributed by atoms with Crippen LogP contribution in [-0.2, 0) is 21.6 Å². The van der Waals surface area contributed by atoms with Crippen molar-refractivity contribution in [3.8, 4) is 0 Å². The fourth-order valence-electron chi connectivity index (χ4n) is 3.13. The Labute approximate surface area is 157 Å². The molecule has 0 bridgehead atoms. The quantitative estimate of drug-likeness (QED) is 0.617. The van der Waals surface area contributed by atoms with E-state index in [0.29, 0.717) is 0 Å². The van der Waals surface area contributed by atoms with Gasteiger partial charge in [-0.1, -0.05) is 0 Å². The number of hydrogen-bond acceptors (Lipinski definition) is 1. The van der Waals surface area contributed by atoms with Crippen molar-refractivity contribution in [2.45, 2.75) is 25.5 Å². The van der Waals surface area contributed by atoms with Gasteiger partial charge in [-0.2, -0.15) is 0 Å². The van der Waals surface area contributed by atoms with Gasteiger partial charge in [-0.25, -0.2) is 0 Å². The minimum absolute atomic E-state index is 0. The summed E-state index contributed by atoms with van der Waals surface area (Å²) in [5.74, 6) is 0. The van der Waals surface area contributed by atoms with E-state index >= 15 is 0 Å². The van der Waals surface area contributed by atoms with Crippen molar-refractivity contribution < 1.29 is 21.6 Å². The van der Waals surface area contributed by atoms with E-state index in [4.69, 9.17) is 3.32 Å². The van der Waals surface area contributed by atoms with E-state index in [-0.39, 0.29) is 24.8 Å². The molecule has 0 fully saturated rings. The second-order valence-electron chi connectivity index (χ2n) is 5.47. The van der Waals surface area contributed by atoms with Gasteiger partial charge in [0.2, 0.25) is 0 Å². The summed E-state index contributed by atoms with van der Waals surface area (Å²) in [6.07, 6.45) is 5.55. The van der Waals surface area contributed by atoms with Crippen LogP contribution in [0.4, 0.5) is 0 Å². The van der Waals surface area contributed by atoms with Gasteiger partial charge in [0.25, 0.3) is 0 Å². The molecule has 0 radical (unpaired) electrons. The first-order chi connectivity index (χ1) is 10.2. The predicted molar refractivity (Wildman–Crippen MR) is 102 cm³/mol. The normalized spacial score (nSPS) is 13.0. The van der Waals surface area contributed by atoms with Crippen LogP contribution in [0, 0.1) is 0 Å². The molecular weight excluding hydrogens is 363 g/mol. The van der Waals surface area contributed by atoms with Gasteiger partial charge in [-0.3, -0.25) is 0 Å². The molecule has 0 aliphatic heterocycles. The molecule has 2 aromatic carbocycles. The molecule has 0 amide bonds. The third-order valence-electron chi connectivity index (χ3n) is 4.13. The van der Waals surface area contributed by atoms with Gasteiger partial charge in [-0.05, 0) is 0 Å². The van der Waals surface area contributed by atoms with E-state index in [0.717, 1.165) is 13.0 Å². The number of allylic oxidation sites excluding steroid dienone is 4. The third kappa shape index (κ3) is 4.10. The first kappa shape index (κ1) is 20.5. The van der Waals surface area contributed by atoms with Crippen molar-refractivity contribution in [1.29, 1.82) is 0 Å². The van der Waals surface area contributed by atoms with Crippen LogP contribution in [0.3, 0.4) is 0 Å². The van der Waals surface area contributed by atoms with Crippen molar-refractivity contribution in [2.75, 3.05) is 6.61 Å². The van der Waals surface area contributed by atoms with Gasteiger partial charge in [-0.15, -0.1) is 24.8 Å². The molecule has 0 aromatic heterocycles. The van der Waals surface area contributed by atoms with Crippen molar-refractivity contribution in [3.63, 3.8) is 0 Å². The first-order valence-corrected chi connectivity index (χ1v) is 10.6. The van der Waals surface area contributed by atoms with E-state index < -0.39 is 18.3 Å². The van der Waals surface area contributed by atoms with Crippen LogP contribution in [0.2, 0.25) is 5.23 Å². The molecule has 0 spiro atoms. The Morgan fingerprint density at radius 2 is 1.83 bits per heavy atom. The van der Waals surface area contributed by atoms with Gasteiger partial charge in [0.05, 0.1) is 0 Å². The predicted octanol–water partition coefficient (Wildman–Crippen LogP) is 5.66. The van der Waals surface area contributed by atoms with Crippen LogP contribution < -0.4 is 3.87 Å². The number of rotatable bonds is 4. The number of hydrogen-bond donors (Lipinski definition) is 0. The summed E-state index contributed by atoms with van der Waals surface area (Å²) in [6.45, 7) is 5.13. The molecule has 23 heavy (non-hydrogen) atoms. The molecule has 1 aliphatic carbocycles. The Kier molecular flexibility index (Phi) is 8.06. The van der Waals surface area contributed by atoms with Crippen LogP contribution >= 0.6 is 24.8 Å². The van der Waals surface area contributed by atoms with Crippen molar-refractivity contribution in [1.82, 2.24) is 0 Å². The average Bonchev–Trinajstić information content (AvgIpc) is 2.92. The summed E-state index contributed by atoms with van der Waals surface area (Å²) < 4.78 is 7.59. The Hall–Kier alpha value is -0.566. The summed E-state index contributed by atoms with van der Waals surface area (Å²) in [5.41, 5.74) is 4.29. The molecule has 0 heterocycles. The average molecular weight is 386 g/mol. The van der Waals surface area contributed by atoms with Gasteiger partial charge in [0, 0.05) is 0 Å². The smallest absolute Gasteiger partial charge is 0.147 e. The largest absolute Gasteiger partial charge is 0.147 e. The molecule has 123 valence electrons. The molecule has 4 heteroatoms. The molecular formula is C19H23Cl2OTi. The standard InChI is InChI=1S/C16H13.C2H5O.CH3.2ClH.Ti/c1-12-5-4-8-16(12)15-10-9-13-6-2-3-7-14(13)11-15;1-2-3;;;;/h2-7,9-10H,8H2,1H3;2H2,1H3;1H3;2*1H;/q;-1;;;;+1. The van der Waals surface area contributed by atoms with Crippen molar-refractivity contribution in [3.05, 3.63) is 59.7 Å². The molecule has 3 rings (SSSR count). The summed E-state index contributed by atoms with van der Waals surface area (Å²) in [6, 6.07) is 13.3. The second kappa shape index (κ2) is 9.06. The zero-order valence-electron chi connectivity index (χ0n) is 13.8. The maximum Gasteiger partial charge on any atom is -0.147 e. The van der Waals surface area contributed by atoms with Crippen LogP contribution in [0.15, 0.2) is 54.1 Å². The summed E-state index contributed by atoms with van der Waals surface area (Å²) in [4.78, 5) is 0. The zero-order chi connectivity index (χ0) is 14.8. The number of benzene rings is 2. The van der Waals surface area contributed by atoms with E-state index in [1.54, 1.807) is 0 Å². The van der Waals surface area contributed by atoms with Gasteiger partial charge < -0.3 is 0 Å². The first-order valence-electron chi connectivity index (χ1n) is 7.57. The van der Waals surface area contributed by atoms with E-state index in [1.807, 2.05) is 0 Å². The Balaban J connectivity index is 0.00000132. The minimum atomic E-state index is -1.70. The molecule has 0 unspecified atom stereocenters. The topological polar surface area (TPSA) is 9.23 Å². The Morgan fingerprint density at radius 3 is 2.48 bits per heavy atom. The molecule has 0 atom stereocenters. The molecule has 0 saturated heterocycles. The summed E-state index contributed by atoms with van der Waals surface area (Å²) >= 11 is -1.70. The molecule has 0 N–H and O–H groups in total. The maximum atomic E-state index is 6.10. The van der Waals surface area contributed by atoms with Crippen LogP contribution in [0.1, 0.15) is 25.8 Å². The van der Waals surface area contributed by atoms with Crippen molar-refractivity contribution in [2.24, 2.45) is 0 Å². The van der Waals surface area contributed by atoms with Crippen LogP contribution in [0.25, 0.3) is 16.3 Å². The maximum absolute atomic E-state index is 6.10. The summed E-state index contributed by atoms with van der Waals surface area (Å²) in [5, 5.41) is 5.03. The number of fused-ring (bicyclic) bond motifs is 1. The van der Waals surface area contributed by atoms with Crippen LogP contribution in [0.5, 0.6) is 0 Å². The van der Waals surface area contributed by atoms with Gasteiger partial charge >= 0.3 is 134 Å². The fourth-order valence-corrected chi connectivity index (χ4v) is 5.94. The zero-order valence-corrected chi connectivity index (χ0v) is 17.0. The molecule has 1 aliphatic rings. The molecule has 0 saturated carbocycles. The van der Waals surface area contributed by atoms with E-state index in [1.165, 1.54) is 31.4 Å². The molecule has 1 nitrogen and oxygen atoms in total. The van der Waals surface area contributed by atoms with E-state index in [2.05, 4.69) is 67.6 Å². The van der Waals surface area contributed by atoms with Crippen molar-refractivity contribution >= 4 is 45.0 Å². The van der Waals surface area contributed by atoms with E-state index in [9.17, 15) is 0 Å². The second-order valence-corrected chi connectivity index (χ2v) is 8.44. The number of halogens is 2. The van der Waals surface area contributed by atoms with Gasteiger partial charge in [0.1, 0.15) is 0 Å². The summed E-state index contributed by atoms with van der Waals surface area (Å²) in [7, 11) is 0. The fraction of sp³-hybridized carbons (Fsp3) is 0.263. The SMILES string of the molecule is CC[O][Ti]([CH3])[c]1c(C2=C(C)C=CC2)ccc2ccccc12.Cl.Cl. The third-order valence-corrected chi connectivity index (χ3v) is 7.20. The Morgan fingerprint density at radius 1 is 1.09 bits per heavy atom. The van der Waals surface area contributed by atoms with Crippen LogP contribution in [-0.4, -0.2) is 6.61 Å². The minimum Gasteiger partial charge on any atom is -0.147 e. The van der Waals surface area contributed by atoms with Gasteiger partial charge in [0.15, 0.2) is 0 Å².